The van der Waals surface area contributed by atoms with Gasteiger partial charge >= 0.3 is 0 Å². The van der Waals surface area contributed by atoms with Gasteiger partial charge in [0.25, 0.3) is 0 Å². The number of allylic oxidation sites excluding steroid dienone is 9. The first-order valence-electron chi connectivity index (χ1n) is 18.6. The van der Waals surface area contributed by atoms with Gasteiger partial charge in [0, 0.05) is 51.3 Å². The Morgan fingerprint density at radius 1 is 0.706 bits per heavy atom. The van der Waals surface area contributed by atoms with Crippen molar-refractivity contribution in [1.29, 1.82) is 0 Å². The number of hydrogen-bond acceptors (Lipinski definition) is 1. The molecule has 6 aromatic rings. The van der Waals surface area contributed by atoms with E-state index in [4.69, 9.17) is 0 Å². The van der Waals surface area contributed by atoms with Crippen LogP contribution in [0, 0.1) is 5.41 Å². The molecule has 51 heavy (non-hydrogen) atoms. The van der Waals surface area contributed by atoms with Gasteiger partial charge < -0.3 is 4.57 Å². The van der Waals surface area contributed by atoms with E-state index in [0.29, 0.717) is 11.8 Å². The fourth-order valence-corrected chi connectivity index (χ4v) is 9.38. The van der Waals surface area contributed by atoms with Gasteiger partial charge in [-0.2, -0.15) is 0 Å². The van der Waals surface area contributed by atoms with Crippen molar-refractivity contribution in [2.45, 2.75) is 57.4 Å². The Hall–Kier alpha value is -5.47. The molecule has 2 heteroatoms. The van der Waals surface area contributed by atoms with Crippen LogP contribution < -0.4 is 0 Å². The third-order valence-corrected chi connectivity index (χ3v) is 11.9. The first-order valence-corrected chi connectivity index (χ1v) is 18.6. The monoisotopic (exact) mass is 658 g/mol. The van der Waals surface area contributed by atoms with Crippen LogP contribution >= 0.6 is 0 Å². The van der Waals surface area contributed by atoms with Gasteiger partial charge in [0.1, 0.15) is 0 Å². The molecule has 4 aliphatic carbocycles. The average Bonchev–Trinajstić information content (AvgIpc) is 3.51. The molecule has 10 rings (SSSR count). The van der Waals surface area contributed by atoms with Gasteiger partial charge in [-0.15, -0.1) is 0 Å². The molecule has 0 saturated carbocycles. The Morgan fingerprint density at radius 2 is 1.45 bits per heavy atom. The van der Waals surface area contributed by atoms with Crippen LogP contribution in [0.25, 0.3) is 44.7 Å². The predicted octanol–water partition coefficient (Wildman–Crippen LogP) is 12.7. The van der Waals surface area contributed by atoms with Gasteiger partial charge in [-0.05, 0) is 81.5 Å². The predicted molar refractivity (Wildman–Crippen MR) is 214 cm³/mol. The number of nitrogens with zero attached hydrogens (tertiary/aromatic N) is 2. The topological polar surface area (TPSA) is 17.8 Å². The SMILES string of the molecule is CC(C)(C)C1=Cc2ccc3c4c2C(C=CC4C(c2ccc(-c4ccccn4)cc2)C=C3C2=CC(n3c4ccccc4c4ccccc43)CC=C2)C1. The molecule has 0 saturated heterocycles. The van der Waals surface area contributed by atoms with E-state index >= 15 is 0 Å². The van der Waals surface area contributed by atoms with E-state index in [0.717, 1.165) is 24.1 Å². The van der Waals surface area contributed by atoms with Crippen molar-refractivity contribution in [3.05, 3.63) is 185 Å². The highest BCUT2D eigenvalue weighted by Crippen LogP contribution is 2.55. The van der Waals surface area contributed by atoms with Crippen LogP contribution in [0.2, 0.25) is 0 Å². The average molecular weight is 659 g/mol. The molecule has 0 spiro atoms. The molecule has 2 aromatic heterocycles. The quantitative estimate of drug-likeness (QED) is 0.172. The zero-order valence-corrected chi connectivity index (χ0v) is 29.6. The van der Waals surface area contributed by atoms with Gasteiger partial charge in [0.15, 0.2) is 0 Å². The number of aromatic nitrogens is 2. The van der Waals surface area contributed by atoms with Crippen molar-refractivity contribution in [3.63, 3.8) is 0 Å². The fraction of sp³-hybridized carbons (Fsp3) is 0.204. The normalized spacial score (nSPS) is 22.1. The van der Waals surface area contributed by atoms with E-state index in [2.05, 4.69) is 170 Å². The molecule has 4 unspecified atom stereocenters. The van der Waals surface area contributed by atoms with E-state index in [9.17, 15) is 0 Å². The molecule has 0 bridgehead atoms. The van der Waals surface area contributed by atoms with Crippen molar-refractivity contribution in [3.8, 4) is 11.3 Å². The number of pyridine rings is 1. The standard InChI is InChI=1S/C49H42N2/c1-49(2,3)36-27-34-22-24-40-42(31-18-20-32(21-19-31)44-15-8-9-26-50-44)30-43(41-25-23-35(28-36)47(34)48(40)41)33-11-10-12-37(29-33)51-45-16-6-4-13-38(45)39-14-5-7-17-46(39)51/h4-11,13-26,28-30,34,37,40,42H,12,27H2,1-3H3. The lowest BCUT2D eigenvalue weighted by Crippen LogP contribution is -2.25. The van der Waals surface area contributed by atoms with Crippen LogP contribution in [0.3, 0.4) is 0 Å². The summed E-state index contributed by atoms with van der Waals surface area (Å²) in [6.07, 6.45) is 21.5. The van der Waals surface area contributed by atoms with Crippen LogP contribution in [0.15, 0.2) is 157 Å². The molecular weight excluding hydrogens is 617 g/mol. The maximum absolute atomic E-state index is 4.62. The summed E-state index contributed by atoms with van der Waals surface area (Å²) in [6.45, 7) is 7.08. The minimum atomic E-state index is 0.154. The van der Waals surface area contributed by atoms with Gasteiger partial charge in [-0.3, -0.25) is 4.98 Å². The lowest BCUT2D eigenvalue weighted by molar-refractivity contribution is 0.474. The second kappa shape index (κ2) is 11.5. The van der Waals surface area contributed by atoms with E-state index in [1.165, 1.54) is 55.2 Å². The summed E-state index contributed by atoms with van der Waals surface area (Å²) < 4.78 is 2.57. The van der Waals surface area contributed by atoms with Crippen molar-refractivity contribution >= 4 is 33.5 Å². The molecule has 0 radical (unpaired) electrons. The highest BCUT2D eigenvalue weighted by atomic mass is 15.0. The third-order valence-electron chi connectivity index (χ3n) is 11.9. The van der Waals surface area contributed by atoms with E-state index in [-0.39, 0.29) is 17.4 Å². The van der Waals surface area contributed by atoms with E-state index < -0.39 is 0 Å². The zero-order valence-electron chi connectivity index (χ0n) is 29.6. The maximum Gasteiger partial charge on any atom is 0.0701 e. The summed E-state index contributed by atoms with van der Waals surface area (Å²) in [5, 5.41) is 2.65. The van der Waals surface area contributed by atoms with E-state index in [1.807, 2.05) is 12.3 Å². The largest absolute Gasteiger partial charge is 0.333 e. The Balaban J connectivity index is 1.15. The maximum atomic E-state index is 4.62. The smallest absolute Gasteiger partial charge is 0.0701 e. The fourth-order valence-electron chi connectivity index (χ4n) is 9.38. The van der Waals surface area contributed by atoms with Crippen molar-refractivity contribution in [2.24, 2.45) is 5.41 Å². The number of para-hydroxylation sites is 2. The Morgan fingerprint density at radius 3 is 2.18 bits per heavy atom. The van der Waals surface area contributed by atoms with Gasteiger partial charge in [0.2, 0.25) is 0 Å². The molecule has 2 heterocycles. The molecule has 4 aliphatic rings. The number of hydrogen-bond donors (Lipinski definition) is 0. The summed E-state index contributed by atoms with van der Waals surface area (Å²) in [5.74, 6) is 0.935. The number of benzene rings is 4. The van der Waals surface area contributed by atoms with Crippen LogP contribution in [0.5, 0.6) is 0 Å². The summed E-state index contributed by atoms with van der Waals surface area (Å²) in [4.78, 5) is 4.62. The molecule has 0 fully saturated rings. The second-order valence-corrected chi connectivity index (χ2v) is 15.8. The van der Waals surface area contributed by atoms with Gasteiger partial charge in [-0.25, -0.2) is 0 Å². The molecule has 0 aliphatic heterocycles. The molecule has 4 aromatic carbocycles. The second-order valence-electron chi connectivity index (χ2n) is 15.8. The van der Waals surface area contributed by atoms with Crippen molar-refractivity contribution < 1.29 is 0 Å². The first kappa shape index (κ1) is 30.4. The minimum Gasteiger partial charge on any atom is -0.333 e. The molecule has 248 valence electrons. The third kappa shape index (κ3) is 4.88. The Kier molecular flexibility index (Phi) is 6.87. The molecule has 0 N–H and O–H groups in total. The molecule has 0 amide bonds. The molecule has 4 atom stereocenters. The molecular formula is C49H42N2. The molecule has 2 nitrogen and oxygen atoms in total. The van der Waals surface area contributed by atoms with Crippen LogP contribution in [0.4, 0.5) is 0 Å². The zero-order chi connectivity index (χ0) is 34.3. The highest BCUT2D eigenvalue weighted by Gasteiger charge is 2.39. The van der Waals surface area contributed by atoms with Crippen LogP contribution in [0.1, 0.15) is 85.2 Å². The Labute approximate surface area is 300 Å². The number of fused-ring (bicyclic) bond motifs is 3. The van der Waals surface area contributed by atoms with Crippen LogP contribution in [-0.2, 0) is 0 Å². The lowest BCUT2D eigenvalue weighted by atomic mass is 9.62. The summed E-state index contributed by atoms with van der Waals surface area (Å²) >= 11 is 0. The summed E-state index contributed by atoms with van der Waals surface area (Å²) in [7, 11) is 0. The highest BCUT2D eigenvalue weighted by molar-refractivity contribution is 6.08. The Bertz CT molecular complexity index is 2460. The lowest BCUT2D eigenvalue weighted by Gasteiger charge is -2.41. The van der Waals surface area contributed by atoms with E-state index in [1.54, 1.807) is 11.1 Å². The number of rotatable bonds is 4. The van der Waals surface area contributed by atoms with Gasteiger partial charge in [-0.1, -0.05) is 148 Å². The first-order chi connectivity index (χ1) is 24.9. The summed E-state index contributed by atoms with van der Waals surface area (Å²) in [6, 6.07) is 38.2. The van der Waals surface area contributed by atoms with Gasteiger partial charge in [0.05, 0.1) is 11.7 Å². The minimum absolute atomic E-state index is 0.154. The van der Waals surface area contributed by atoms with Crippen molar-refractivity contribution in [2.75, 3.05) is 0 Å². The van der Waals surface area contributed by atoms with Crippen LogP contribution in [-0.4, -0.2) is 9.55 Å². The van der Waals surface area contributed by atoms with Crippen molar-refractivity contribution in [1.82, 2.24) is 9.55 Å². The summed E-state index contributed by atoms with van der Waals surface area (Å²) in [5.41, 5.74) is 16.4.